The summed E-state index contributed by atoms with van der Waals surface area (Å²) in [7, 11) is -4.32. The highest BCUT2D eigenvalue weighted by atomic mass is 32.2. The van der Waals surface area contributed by atoms with E-state index in [0.717, 1.165) is 0 Å². The number of benzene rings is 1. The summed E-state index contributed by atoms with van der Waals surface area (Å²) in [5, 5.41) is 13.2. The van der Waals surface area contributed by atoms with E-state index in [-0.39, 0.29) is 6.07 Å². The number of carbonyl (C=O) groups is 1. The number of carboxylic acid groups (broad SMARTS) is 1. The summed E-state index contributed by atoms with van der Waals surface area (Å²) < 4.78 is 59.1. The van der Waals surface area contributed by atoms with Crippen LogP contribution >= 0.6 is 0 Å². The number of alkyl halides is 3. The number of sulfonamides is 1. The van der Waals surface area contributed by atoms with Gasteiger partial charge in [0.1, 0.15) is 0 Å². The summed E-state index contributed by atoms with van der Waals surface area (Å²) in [6, 6.07) is 1.44. The molecular formula is C8H6F3NO4S. The van der Waals surface area contributed by atoms with Crippen molar-refractivity contribution < 1.29 is 31.5 Å². The van der Waals surface area contributed by atoms with E-state index in [1.807, 2.05) is 0 Å². The lowest BCUT2D eigenvalue weighted by molar-refractivity contribution is -0.138. The molecule has 0 saturated heterocycles. The van der Waals surface area contributed by atoms with Crippen molar-refractivity contribution in [2.24, 2.45) is 5.14 Å². The summed E-state index contributed by atoms with van der Waals surface area (Å²) in [4.78, 5) is 9.75. The van der Waals surface area contributed by atoms with E-state index >= 15 is 0 Å². The Morgan fingerprint density at radius 1 is 1.29 bits per heavy atom. The Hall–Kier alpha value is -1.61. The Kier molecular flexibility index (Phi) is 3.17. The summed E-state index contributed by atoms with van der Waals surface area (Å²) >= 11 is 0. The van der Waals surface area contributed by atoms with Gasteiger partial charge in [-0.3, -0.25) is 0 Å². The smallest absolute Gasteiger partial charge is 0.417 e. The van der Waals surface area contributed by atoms with Gasteiger partial charge in [-0.05, 0) is 18.2 Å². The van der Waals surface area contributed by atoms with Gasteiger partial charge in [-0.15, -0.1) is 0 Å². The molecule has 0 aliphatic rings. The number of primary sulfonamides is 1. The number of carboxylic acids is 1. The molecule has 0 spiro atoms. The van der Waals surface area contributed by atoms with Crippen LogP contribution in [-0.4, -0.2) is 19.5 Å². The van der Waals surface area contributed by atoms with Gasteiger partial charge in [0.25, 0.3) is 0 Å². The van der Waals surface area contributed by atoms with Gasteiger partial charge in [0.2, 0.25) is 10.0 Å². The molecule has 0 atom stereocenters. The molecule has 0 bridgehead atoms. The van der Waals surface area contributed by atoms with Crippen molar-refractivity contribution in [1.29, 1.82) is 0 Å². The molecule has 0 saturated carbocycles. The zero-order valence-electron chi connectivity index (χ0n) is 8.02. The topological polar surface area (TPSA) is 97.5 Å². The first-order valence-electron chi connectivity index (χ1n) is 4.01. The molecule has 0 aromatic heterocycles. The average molecular weight is 269 g/mol. The Morgan fingerprint density at radius 2 is 1.82 bits per heavy atom. The zero-order chi connectivity index (χ0) is 13.4. The second-order valence-electron chi connectivity index (χ2n) is 3.06. The molecule has 0 unspecified atom stereocenters. The average Bonchev–Trinajstić information content (AvgIpc) is 2.14. The van der Waals surface area contributed by atoms with Crippen LogP contribution in [0.25, 0.3) is 0 Å². The summed E-state index contributed by atoms with van der Waals surface area (Å²) in [6.07, 6.45) is -4.98. The molecule has 1 rings (SSSR count). The molecule has 1 aromatic rings. The molecule has 5 nitrogen and oxygen atoms in total. The number of aromatic carboxylic acids is 1. The van der Waals surface area contributed by atoms with Crippen LogP contribution in [0.1, 0.15) is 15.9 Å². The SMILES string of the molecule is NS(=O)(=O)c1ccc(C(=O)O)c(C(F)(F)F)c1. The van der Waals surface area contributed by atoms with E-state index in [2.05, 4.69) is 5.14 Å². The minimum absolute atomic E-state index is 0.193. The van der Waals surface area contributed by atoms with E-state index in [1.165, 1.54) is 0 Å². The second kappa shape index (κ2) is 4.00. The number of halogens is 3. The molecule has 0 fully saturated rings. The van der Waals surface area contributed by atoms with Crippen LogP contribution in [0.15, 0.2) is 23.1 Å². The van der Waals surface area contributed by atoms with Gasteiger partial charge in [-0.25, -0.2) is 18.4 Å². The Morgan fingerprint density at radius 3 is 2.18 bits per heavy atom. The van der Waals surface area contributed by atoms with Gasteiger partial charge in [0, 0.05) is 0 Å². The van der Waals surface area contributed by atoms with Crippen molar-refractivity contribution >= 4 is 16.0 Å². The number of hydrogen-bond donors (Lipinski definition) is 2. The number of rotatable bonds is 2. The van der Waals surface area contributed by atoms with Crippen molar-refractivity contribution in [2.45, 2.75) is 11.1 Å². The Labute approximate surface area is 93.7 Å². The van der Waals surface area contributed by atoms with Crippen molar-refractivity contribution in [3.63, 3.8) is 0 Å². The van der Waals surface area contributed by atoms with E-state index in [9.17, 15) is 26.4 Å². The Balaban J connectivity index is 3.57. The summed E-state index contributed by atoms with van der Waals surface area (Å²) in [5.74, 6) is -1.81. The van der Waals surface area contributed by atoms with Crippen LogP contribution in [0.3, 0.4) is 0 Å². The minimum Gasteiger partial charge on any atom is -0.478 e. The lowest BCUT2D eigenvalue weighted by atomic mass is 10.1. The fourth-order valence-electron chi connectivity index (χ4n) is 1.12. The highest BCUT2D eigenvalue weighted by molar-refractivity contribution is 7.89. The molecule has 0 amide bonds. The van der Waals surface area contributed by atoms with Crippen LogP contribution in [0.4, 0.5) is 13.2 Å². The third-order valence-electron chi connectivity index (χ3n) is 1.86. The predicted molar refractivity (Wildman–Crippen MR) is 49.8 cm³/mol. The van der Waals surface area contributed by atoms with Gasteiger partial charge in [0.05, 0.1) is 16.0 Å². The fourth-order valence-corrected chi connectivity index (χ4v) is 1.66. The standard InChI is InChI=1S/C8H6F3NO4S/c9-8(10,11)6-3-4(17(12,15)16)1-2-5(6)7(13)14/h1-3H,(H,13,14)(H2,12,15,16). The first-order valence-corrected chi connectivity index (χ1v) is 5.55. The molecular weight excluding hydrogens is 263 g/mol. The molecule has 9 heteroatoms. The van der Waals surface area contributed by atoms with Gasteiger partial charge < -0.3 is 5.11 Å². The van der Waals surface area contributed by atoms with Crippen LogP contribution in [0.2, 0.25) is 0 Å². The number of hydrogen-bond acceptors (Lipinski definition) is 3. The molecule has 1 aromatic carbocycles. The van der Waals surface area contributed by atoms with E-state index in [0.29, 0.717) is 12.1 Å². The van der Waals surface area contributed by atoms with E-state index in [1.54, 1.807) is 0 Å². The third-order valence-corrected chi connectivity index (χ3v) is 2.77. The summed E-state index contributed by atoms with van der Waals surface area (Å²) in [6.45, 7) is 0. The molecule has 3 N–H and O–H groups in total. The summed E-state index contributed by atoms with van der Waals surface area (Å²) in [5.41, 5.74) is -2.60. The maximum atomic E-state index is 12.5. The molecule has 0 heterocycles. The van der Waals surface area contributed by atoms with Crippen LogP contribution < -0.4 is 5.14 Å². The molecule has 94 valence electrons. The van der Waals surface area contributed by atoms with Crippen molar-refractivity contribution in [2.75, 3.05) is 0 Å². The van der Waals surface area contributed by atoms with Crippen molar-refractivity contribution in [3.8, 4) is 0 Å². The van der Waals surface area contributed by atoms with Gasteiger partial charge in [-0.1, -0.05) is 0 Å². The molecule has 17 heavy (non-hydrogen) atoms. The number of nitrogens with two attached hydrogens (primary N) is 1. The predicted octanol–water partition coefficient (Wildman–Crippen LogP) is 1.05. The zero-order valence-corrected chi connectivity index (χ0v) is 8.84. The highest BCUT2D eigenvalue weighted by Crippen LogP contribution is 2.33. The first kappa shape index (κ1) is 13.5. The highest BCUT2D eigenvalue weighted by Gasteiger charge is 2.36. The maximum Gasteiger partial charge on any atom is 0.417 e. The lowest BCUT2D eigenvalue weighted by Gasteiger charge is -2.11. The van der Waals surface area contributed by atoms with Gasteiger partial charge in [-0.2, -0.15) is 13.2 Å². The monoisotopic (exact) mass is 269 g/mol. The van der Waals surface area contributed by atoms with Crippen molar-refractivity contribution in [1.82, 2.24) is 0 Å². The molecule has 0 radical (unpaired) electrons. The van der Waals surface area contributed by atoms with Gasteiger partial charge >= 0.3 is 12.1 Å². The van der Waals surface area contributed by atoms with Crippen molar-refractivity contribution in [3.05, 3.63) is 29.3 Å². The van der Waals surface area contributed by atoms with Gasteiger partial charge in [0.15, 0.2) is 0 Å². The first-order chi connectivity index (χ1) is 7.53. The largest absolute Gasteiger partial charge is 0.478 e. The maximum absolute atomic E-state index is 12.5. The van der Waals surface area contributed by atoms with Crippen LogP contribution in [0, 0.1) is 0 Å². The van der Waals surface area contributed by atoms with E-state index < -0.39 is 38.2 Å². The quantitative estimate of drug-likeness (QED) is 0.838. The van der Waals surface area contributed by atoms with Crippen LogP contribution in [-0.2, 0) is 16.2 Å². The molecule has 0 aliphatic carbocycles. The van der Waals surface area contributed by atoms with E-state index in [4.69, 9.17) is 5.11 Å². The second-order valence-corrected chi connectivity index (χ2v) is 4.62. The third kappa shape index (κ3) is 2.94. The lowest BCUT2D eigenvalue weighted by Crippen LogP contribution is -2.17. The fraction of sp³-hybridized carbons (Fsp3) is 0.125. The van der Waals surface area contributed by atoms with Crippen LogP contribution in [0.5, 0.6) is 0 Å². The Bertz CT molecular complexity index is 565. The molecule has 0 aliphatic heterocycles. The minimum atomic E-state index is -4.98. The normalized spacial score (nSPS) is 12.5.